The molecule has 9 nitrogen and oxygen atoms in total. The van der Waals surface area contributed by atoms with Crippen LogP contribution in [0.25, 0.3) is 11.4 Å². The van der Waals surface area contributed by atoms with E-state index in [9.17, 15) is 13.2 Å². The van der Waals surface area contributed by atoms with Gasteiger partial charge in [-0.3, -0.25) is 4.79 Å². The van der Waals surface area contributed by atoms with E-state index in [1.165, 1.54) is 18.2 Å². The van der Waals surface area contributed by atoms with Crippen LogP contribution in [0.5, 0.6) is 0 Å². The maximum Gasteiger partial charge on any atom is 0.321 e. The molecule has 0 atom stereocenters. The minimum absolute atomic E-state index is 0.0250. The van der Waals surface area contributed by atoms with E-state index in [-0.39, 0.29) is 23.0 Å². The van der Waals surface area contributed by atoms with Gasteiger partial charge in [-0.1, -0.05) is 41.6 Å². The second-order valence-electron chi connectivity index (χ2n) is 5.92. The van der Waals surface area contributed by atoms with Crippen molar-refractivity contribution in [3.05, 3.63) is 65.5 Å². The van der Waals surface area contributed by atoms with Crippen LogP contribution >= 0.6 is 0 Å². The summed E-state index contributed by atoms with van der Waals surface area (Å²) in [4.78, 5) is 15.8. The molecule has 10 heteroatoms. The van der Waals surface area contributed by atoms with Crippen LogP contribution in [-0.2, 0) is 26.2 Å². The number of ether oxygens (including phenoxy) is 1. The molecule has 0 aliphatic rings. The van der Waals surface area contributed by atoms with Crippen molar-refractivity contribution in [2.75, 3.05) is 6.54 Å². The Bertz CT molecular complexity index is 1180. The topological polar surface area (TPSA) is 135 Å². The summed E-state index contributed by atoms with van der Waals surface area (Å²) in [6, 6.07) is 14.9. The number of aromatic nitrogens is 2. The molecule has 0 spiro atoms. The predicted octanol–water partition coefficient (Wildman–Crippen LogP) is 1.94. The Kier molecular flexibility index (Phi) is 6.01. The molecular formula is C19H16N4O5S. The Balaban J connectivity index is 1.57. The lowest BCUT2D eigenvalue weighted by Crippen LogP contribution is -2.31. The number of nitrogens with zero attached hydrogens (tertiary/aromatic N) is 3. The van der Waals surface area contributed by atoms with Crippen molar-refractivity contribution in [2.45, 2.75) is 18.4 Å². The van der Waals surface area contributed by atoms with Crippen LogP contribution in [0.3, 0.4) is 0 Å². The number of sulfonamides is 1. The molecule has 0 amide bonds. The van der Waals surface area contributed by atoms with E-state index < -0.39 is 22.5 Å². The molecule has 0 aliphatic carbocycles. The average Bonchev–Trinajstić information content (AvgIpc) is 3.20. The van der Waals surface area contributed by atoms with Gasteiger partial charge in [0.05, 0.1) is 10.5 Å². The first-order valence-electron chi connectivity index (χ1n) is 8.43. The maximum atomic E-state index is 12.3. The van der Waals surface area contributed by atoms with Crippen molar-refractivity contribution < 1.29 is 22.5 Å². The van der Waals surface area contributed by atoms with E-state index in [4.69, 9.17) is 14.5 Å². The number of hydrogen-bond acceptors (Lipinski definition) is 8. The van der Waals surface area contributed by atoms with Crippen LogP contribution in [0.4, 0.5) is 0 Å². The van der Waals surface area contributed by atoms with E-state index in [1.807, 2.05) is 31.2 Å². The third-order valence-electron chi connectivity index (χ3n) is 3.91. The van der Waals surface area contributed by atoms with Crippen molar-refractivity contribution in [3.8, 4) is 17.5 Å². The molecule has 1 N–H and O–H groups in total. The number of nitrogens with one attached hydrogen (secondary N) is 1. The highest BCUT2D eigenvalue weighted by atomic mass is 32.2. The summed E-state index contributed by atoms with van der Waals surface area (Å²) in [6.45, 7) is 0.997. The Labute approximate surface area is 167 Å². The molecule has 0 aliphatic heterocycles. The lowest BCUT2D eigenvalue weighted by molar-refractivity contribution is -0.144. The number of esters is 1. The number of rotatable bonds is 7. The summed E-state index contributed by atoms with van der Waals surface area (Å²) in [6.07, 6.45) is 0. The fraction of sp³-hybridized carbons (Fsp3) is 0.158. The second kappa shape index (κ2) is 8.64. The quantitative estimate of drug-likeness (QED) is 0.582. The Morgan fingerprint density at radius 1 is 1.21 bits per heavy atom. The molecule has 0 fully saturated rings. The molecule has 0 radical (unpaired) electrons. The number of nitriles is 1. The lowest BCUT2D eigenvalue weighted by atomic mass is 10.1. The minimum atomic E-state index is -4.04. The van der Waals surface area contributed by atoms with Gasteiger partial charge in [-0.25, -0.2) is 8.42 Å². The van der Waals surface area contributed by atoms with Crippen molar-refractivity contribution in [3.63, 3.8) is 0 Å². The largest absolute Gasteiger partial charge is 0.455 e. The van der Waals surface area contributed by atoms with Gasteiger partial charge in [0, 0.05) is 5.56 Å². The lowest BCUT2D eigenvalue weighted by Gasteiger charge is -2.07. The molecule has 0 saturated carbocycles. The van der Waals surface area contributed by atoms with E-state index in [1.54, 1.807) is 12.1 Å². The van der Waals surface area contributed by atoms with Gasteiger partial charge in [-0.2, -0.15) is 15.0 Å². The van der Waals surface area contributed by atoms with Crippen LogP contribution in [-0.4, -0.2) is 31.1 Å². The molecule has 3 aromatic rings. The fourth-order valence-corrected chi connectivity index (χ4v) is 3.59. The summed E-state index contributed by atoms with van der Waals surface area (Å²) in [5.41, 5.74) is 1.73. The molecule has 0 saturated heterocycles. The summed E-state index contributed by atoms with van der Waals surface area (Å²) >= 11 is 0. The van der Waals surface area contributed by atoms with Gasteiger partial charge in [0.15, 0.2) is 6.61 Å². The molecule has 0 bridgehead atoms. The van der Waals surface area contributed by atoms with Gasteiger partial charge >= 0.3 is 5.97 Å². The summed E-state index contributed by atoms with van der Waals surface area (Å²) < 4.78 is 36.7. The van der Waals surface area contributed by atoms with Crippen LogP contribution < -0.4 is 4.72 Å². The number of carbonyl (C=O) groups excluding carboxylic acids is 1. The monoisotopic (exact) mass is 412 g/mol. The maximum absolute atomic E-state index is 12.3. The minimum Gasteiger partial charge on any atom is -0.455 e. The number of hydrogen-bond donors (Lipinski definition) is 1. The van der Waals surface area contributed by atoms with Crippen molar-refractivity contribution in [1.82, 2.24) is 14.9 Å². The summed E-state index contributed by atoms with van der Waals surface area (Å²) in [7, 11) is -4.04. The SMILES string of the molecule is Cc1ccccc1-c1noc(COC(=O)CNS(=O)(=O)c2ccccc2C#N)n1. The Morgan fingerprint density at radius 3 is 2.69 bits per heavy atom. The molecule has 148 valence electrons. The summed E-state index contributed by atoms with van der Waals surface area (Å²) in [5, 5.41) is 12.9. The van der Waals surface area contributed by atoms with Crippen molar-refractivity contribution in [2.24, 2.45) is 0 Å². The third kappa shape index (κ3) is 4.84. The zero-order valence-corrected chi connectivity index (χ0v) is 16.1. The highest BCUT2D eigenvalue weighted by Crippen LogP contribution is 2.20. The smallest absolute Gasteiger partial charge is 0.321 e. The fourth-order valence-electron chi connectivity index (χ4n) is 2.46. The molecule has 29 heavy (non-hydrogen) atoms. The molecule has 1 aromatic heterocycles. The van der Waals surface area contributed by atoms with Crippen LogP contribution in [0.15, 0.2) is 57.9 Å². The predicted molar refractivity (Wildman–Crippen MR) is 101 cm³/mol. The first-order valence-corrected chi connectivity index (χ1v) is 9.92. The van der Waals surface area contributed by atoms with Crippen LogP contribution in [0.1, 0.15) is 17.0 Å². The van der Waals surface area contributed by atoms with Crippen LogP contribution in [0, 0.1) is 18.3 Å². The normalized spacial score (nSPS) is 11.0. The standard InChI is InChI=1S/C19H16N4O5S/c1-13-6-2-4-8-15(13)19-22-17(28-23-19)12-27-18(24)11-21-29(25,26)16-9-5-3-7-14(16)10-20/h2-9,21H,11-12H2,1H3. The zero-order chi connectivity index (χ0) is 20.9. The molecule has 2 aromatic carbocycles. The zero-order valence-electron chi connectivity index (χ0n) is 15.3. The summed E-state index contributed by atoms with van der Waals surface area (Å²) in [5.74, 6) is -0.393. The molecule has 0 unspecified atom stereocenters. The van der Waals surface area contributed by atoms with E-state index in [0.29, 0.717) is 5.82 Å². The first-order chi connectivity index (χ1) is 13.9. The van der Waals surface area contributed by atoms with Gasteiger partial charge in [0.2, 0.25) is 15.8 Å². The van der Waals surface area contributed by atoms with Gasteiger partial charge in [-0.15, -0.1) is 0 Å². The first kappa shape index (κ1) is 20.2. The van der Waals surface area contributed by atoms with E-state index in [0.717, 1.165) is 11.1 Å². The Morgan fingerprint density at radius 2 is 1.93 bits per heavy atom. The van der Waals surface area contributed by atoms with Crippen LogP contribution in [0.2, 0.25) is 0 Å². The van der Waals surface area contributed by atoms with E-state index in [2.05, 4.69) is 14.9 Å². The second-order valence-corrected chi connectivity index (χ2v) is 7.66. The highest BCUT2D eigenvalue weighted by molar-refractivity contribution is 7.89. The van der Waals surface area contributed by atoms with Gasteiger partial charge in [-0.05, 0) is 24.6 Å². The Hall–Kier alpha value is -3.55. The molecule has 3 rings (SSSR count). The number of aryl methyl sites for hydroxylation is 1. The molecule has 1 heterocycles. The third-order valence-corrected chi connectivity index (χ3v) is 5.37. The van der Waals surface area contributed by atoms with E-state index >= 15 is 0 Å². The van der Waals surface area contributed by atoms with Gasteiger partial charge in [0.25, 0.3) is 5.89 Å². The average molecular weight is 412 g/mol. The number of carbonyl (C=O) groups is 1. The van der Waals surface area contributed by atoms with Gasteiger partial charge in [0.1, 0.15) is 12.6 Å². The van der Waals surface area contributed by atoms with Crippen molar-refractivity contribution in [1.29, 1.82) is 5.26 Å². The van der Waals surface area contributed by atoms with Gasteiger partial charge < -0.3 is 9.26 Å². The van der Waals surface area contributed by atoms with Crippen molar-refractivity contribution >= 4 is 16.0 Å². The number of benzene rings is 2. The highest BCUT2D eigenvalue weighted by Gasteiger charge is 2.20. The molecular weight excluding hydrogens is 396 g/mol.